The van der Waals surface area contributed by atoms with Crippen LogP contribution in [0.5, 0.6) is 5.75 Å². The van der Waals surface area contributed by atoms with Crippen molar-refractivity contribution in [1.82, 2.24) is 4.98 Å². The number of hydrogen-bond donors (Lipinski definition) is 4. The number of hydrogen-bond acceptors (Lipinski definition) is 5. The molecule has 1 aromatic heterocycles. The third-order valence-electron chi connectivity index (χ3n) is 3.27. The van der Waals surface area contributed by atoms with Crippen LogP contribution in [0.4, 0.5) is 5.82 Å². The van der Waals surface area contributed by atoms with E-state index in [4.69, 9.17) is 10.5 Å². The van der Waals surface area contributed by atoms with Crippen LogP contribution in [0.15, 0.2) is 29.1 Å². The number of carboxylic acid groups (broad SMARTS) is 2. The number of nitrogens with two attached hydrogens (primary N) is 1. The first-order valence-corrected chi connectivity index (χ1v) is 7.12. The summed E-state index contributed by atoms with van der Waals surface area (Å²) < 4.78 is 5.47. The van der Waals surface area contributed by atoms with E-state index in [1.54, 1.807) is 12.1 Å². The molecule has 126 valence electrons. The van der Waals surface area contributed by atoms with Crippen molar-refractivity contribution < 1.29 is 24.5 Å². The third-order valence-corrected chi connectivity index (χ3v) is 3.27. The third kappa shape index (κ3) is 3.22. The molecule has 0 spiro atoms. The molecule has 0 fully saturated rings. The fourth-order valence-electron chi connectivity index (χ4n) is 2.30. The molecular formula is C16H16N2O6. The molecule has 0 aliphatic heterocycles. The van der Waals surface area contributed by atoms with Crippen LogP contribution in [0.3, 0.4) is 0 Å². The second kappa shape index (κ2) is 6.86. The van der Waals surface area contributed by atoms with Crippen molar-refractivity contribution >= 4 is 17.8 Å². The summed E-state index contributed by atoms with van der Waals surface area (Å²) in [7, 11) is 0. The number of nitrogen functional groups attached to an aromatic ring is 1. The molecule has 0 radical (unpaired) electrons. The average molecular weight is 332 g/mol. The molecule has 0 amide bonds. The van der Waals surface area contributed by atoms with E-state index < -0.39 is 34.4 Å². The van der Waals surface area contributed by atoms with Crippen LogP contribution in [0.2, 0.25) is 0 Å². The molecule has 0 atom stereocenters. The predicted molar refractivity (Wildman–Crippen MR) is 86.6 cm³/mol. The molecule has 8 heteroatoms. The Kier molecular flexibility index (Phi) is 4.88. The predicted octanol–water partition coefficient (Wildman–Crippen LogP) is 1.81. The van der Waals surface area contributed by atoms with E-state index in [1.807, 2.05) is 6.92 Å². The van der Waals surface area contributed by atoms with Crippen molar-refractivity contribution in [3.63, 3.8) is 0 Å². The monoisotopic (exact) mass is 332 g/mol. The van der Waals surface area contributed by atoms with Crippen molar-refractivity contribution in [3.8, 4) is 16.9 Å². The summed E-state index contributed by atoms with van der Waals surface area (Å²) in [5.41, 5.74) is 3.42. The van der Waals surface area contributed by atoms with Gasteiger partial charge in [-0.1, -0.05) is 19.1 Å². The summed E-state index contributed by atoms with van der Waals surface area (Å²) >= 11 is 0. The lowest BCUT2D eigenvalue weighted by Crippen LogP contribution is -2.24. The molecule has 2 aromatic rings. The zero-order valence-corrected chi connectivity index (χ0v) is 12.8. The van der Waals surface area contributed by atoms with Crippen LogP contribution in [0.25, 0.3) is 11.1 Å². The lowest BCUT2D eigenvalue weighted by atomic mass is 9.95. The number of pyridine rings is 1. The van der Waals surface area contributed by atoms with Gasteiger partial charge in [0.05, 0.1) is 6.61 Å². The highest BCUT2D eigenvalue weighted by Gasteiger charge is 2.26. The Balaban J connectivity index is 2.79. The van der Waals surface area contributed by atoms with E-state index in [1.165, 1.54) is 12.1 Å². The van der Waals surface area contributed by atoms with Gasteiger partial charge in [0.2, 0.25) is 0 Å². The lowest BCUT2D eigenvalue weighted by Gasteiger charge is -2.13. The average Bonchev–Trinajstić information content (AvgIpc) is 2.51. The van der Waals surface area contributed by atoms with Crippen LogP contribution in [-0.4, -0.2) is 33.7 Å². The van der Waals surface area contributed by atoms with Crippen LogP contribution in [-0.2, 0) is 0 Å². The normalized spacial score (nSPS) is 10.4. The largest absolute Gasteiger partial charge is 0.494 e. The summed E-state index contributed by atoms with van der Waals surface area (Å²) in [5, 5.41) is 18.7. The molecule has 2 rings (SSSR count). The van der Waals surface area contributed by atoms with Gasteiger partial charge in [-0.25, -0.2) is 9.59 Å². The fourth-order valence-corrected chi connectivity index (χ4v) is 2.30. The highest BCUT2D eigenvalue weighted by molar-refractivity contribution is 6.07. The number of aromatic nitrogens is 1. The molecule has 5 N–H and O–H groups in total. The number of H-pyrrole nitrogens is 1. The second-order valence-corrected chi connectivity index (χ2v) is 4.98. The van der Waals surface area contributed by atoms with Gasteiger partial charge in [0.25, 0.3) is 5.56 Å². The molecule has 8 nitrogen and oxygen atoms in total. The van der Waals surface area contributed by atoms with Crippen molar-refractivity contribution in [1.29, 1.82) is 0 Å². The minimum absolute atomic E-state index is 0.219. The highest BCUT2D eigenvalue weighted by atomic mass is 16.5. The van der Waals surface area contributed by atoms with Gasteiger partial charge in [-0.05, 0) is 24.1 Å². The van der Waals surface area contributed by atoms with Crippen molar-refractivity contribution in [2.75, 3.05) is 12.3 Å². The molecule has 24 heavy (non-hydrogen) atoms. The summed E-state index contributed by atoms with van der Waals surface area (Å²) in [6.45, 7) is 2.37. The first kappa shape index (κ1) is 17.1. The van der Waals surface area contributed by atoms with Gasteiger partial charge in [-0.15, -0.1) is 0 Å². The lowest BCUT2D eigenvalue weighted by molar-refractivity contribution is 0.0695. The van der Waals surface area contributed by atoms with E-state index in [2.05, 4.69) is 4.98 Å². The molecule has 0 unspecified atom stereocenters. The number of aromatic amines is 1. The Morgan fingerprint density at radius 2 is 1.88 bits per heavy atom. The number of anilines is 1. The van der Waals surface area contributed by atoms with E-state index in [0.717, 1.165) is 6.42 Å². The minimum atomic E-state index is -1.55. The number of rotatable bonds is 6. The molecule has 0 saturated heterocycles. The molecule has 0 aliphatic carbocycles. The van der Waals surface area contributed by atoms with E-state index >= 15 is 0 Å². The first-order valence-electron chi connectivity index (χ1n) is 7.12. The number of carboxylic acids is 2. The Morgan fingerprint density at radius 1 is 1.21 bits per heavy atom. The van der Waals surface area contributed by atoms with Crippen LogP contribution in [0.1, 0.15) is 34.1 Å². The molecule has 0 bridgehead atoms. The van der Waals surface area contributed by atoms with Crippen LogP contribution in [0, 0.1) is 0 Å². The zero-order valence-electron chi connectivity index (χ0n) is 12.8. The first-order chi connectivity index (χ1) is 11.4. The van der Waals surface area contributed by atoms with E-state index in [9.17, 15) is 24.6 Å². The second-order valence-electron chi connectivity index (χ2n) is 4.98. The number of benzene rings is 1. The molecule has 0 aliphatic rings. The van der Waals surface area contributed by atoms with Crippen molar-refractivity contribution in [3.05, 3.63) is 45.7 Å². The van der Waals surface area contributed by atoms with Crippen molar-refractivity contribution in [2.45, 2.75) is 13.3 Å². The van der Waals surface area contributed by atoms with Crippen molar-refractivity contribution in [2.24, 2.45) is 0 Å². The maximum atomic E-state index is 12.0. The SMILES string of the molecule is CCCOc1cccc(-c2c(C(=O)O)c(N)[nH]c(=O)c2C(=O)O)c1. The maximum absolute atomic E-state index is 12.0. The number of nitrogens with one attached hydrogen (secondary N) is 1. The van der Waals surface area contributed by atoms with Gasteiger partial charge in [0.1, 0.15) is 22.7 Å². The summed E-state index contributed by atoms with van der Waals surface area (Å²) in [6.07, 6.45) is 0.767. The van der Waals surface area contributed by atoms with E-state index in [0.29, 0.717) is 12.4 Å². The van der Waals surface area contributed by atoms with Crippen LogP contribution < -0.4 is 16.0 Å². The van der Waals surface area contributed by atoms with Gasteiger partial charge in [0, 0.05) is 5.56 Å². The Bertz CT molecular complexity index is 856. The summed E-state index contributed by atoms with van der Waals surface area (Å²) in [5.74, 6) is -2.97. The fraction of sp³-hybridized carbons (Fsp3) is 0.188. The molecular weight excluding hydrogens is 316 g/mol. The topological polar surface area (TPSA) is 143 Å². The van der Waals surface area contributed by atoms with Crippen LogP contribution >= 0.6 is 0 Å². The van der Waals surface area contributed by atoms with Gasteiger partial charge in [0.15, 0.2) is 0 Å². The molecule has 1 heterocycles. The van der Waals surface area contributed by atoms with E-state index in [-0.39, 0.29) is 11.1 Å². The van der Waals surface area contributed by atoms with Gasteiger partial charge < -0.3 is 25.7 Å². The Morgan fingerprint density at radius 3 is 2.46 bits per heavy atom. The minimum Gasteiger partial charge on any atom is -0.494 e. The maximum Gasteiger partial charge on any atom is 0.342 e. The zero-order chi connectivity index (χ0) is 17.9. The quantitative estimate of drug-likeness (QED) is 0.631. The highest BCUT2D eigenvalue weighted by Crippen LogP contribution is 2.31. The number of carbonyl (C=O) groups is 2. The standard InChI is InChI=1S/C16H16N2O6/c1-2-6-24-9-5-3-4-8(7-9)10-11(15(20)21)13(17)18-14(19)12(10)16(22)23/h3-5,7H,2,6H2,1H3,(H,20,21)(H,22,23)(H3,17,18,19). The van der Waals surface area contributed by atoms with Gasteiger partial charge >= 0.3 is 11.9 Å². The molecule has 0 saturated carbocycles. The van der Waals surface area contributed by atoms with Gasteiger partial charge in [-0.2, -0.15) is 0 Å². The number of aromatic carboxylic acids is 2. The Labute approximate surface area is 136 Å². The summed E-state index contributed by atoms with van der Waals surface area (Å²) in [4.78, 5) is 37.0. The Hall–Kier alpha value is -3.29. The number of ether oxygens (including phenoxy) is 1. The molecule has 1 aromatic carbocycles. The van der Waals surface area contributed by atoms with Gasteiger partial charge in [-0.3, -0.25) is 4.79 Å². The smallest absolute Gasteiger partial charge is 0.342 e. The summed E-state index contributed by atoms with van der Waals surface area (Å²) in [6, 6.07) is 6.19.